The summed E-state index contributed by atoms with van der Waals surface area (Å²) in [6, 6.07) is 20.0. The summed E-state index contributed by atoms with van der Waals surface area (Å²) in [5, 5.41) is 9.14. The van der Waals surface area contributed by atoms with Gasteiger partial charge >= 0.3 is 18.1 Å². The molecule has 2 heterocycles. The Balaban J connectivity index is 1.33. The Hall–Kier alpha value is -5.17. The molecule has 13 heteroatoms. The average Bonchev–Trinajstić information content (AvgIpc) is 3.59. The Bertz CT molecular complexity index is 1760. The minimum absolute atomic E-state index is 0.0752. The van der Waals surface area contributed by atoms with Crippen LogP contribution in [0.1, 0.15) is 52.6 Å². The fourth-order valence-corrected chi connectivity index (χ4v) is 5.57. The van der Waals surface area contributed by atoms with Crippen LogP contribution in [0.15, 0.2) is 89.5 Å². The van der Waals surface area contributed by atoms with Crippen molar-refractivity contribution in [3.8, 4) is 0 Å². The number of nitrogens with one attached hydrogen (secondary N) is 2. The van der Waals surface area contributed by atoms with E-state index in [2.05, 4.69) is 20.8 Å². The number of rotatable bonds is 12. The zero-order valence-corrected chi connectivity index (χ0v) is 25.7. The SMILES string of the molecule is CC(C)[C@H](NC(=O)C[N+]1(Cc2ccccc2)C(=O)NC(Cc2ccccc2)C1=O)C(=O)c1noc(Cc2cccc(C(F)(F)F)c2)n1. The van der Waals surface area contributed by atoms with E-state index in [1.807, 2.05) is 30.3 Å². The zero-order chi connectivity index (χ0) is 33.8. The fraction of sp³-hybridized carbons (Fsp3) is 0.294. The minimum Gasteiger partial charge on any atom is -0.341 e. The quantitative estimate of drug-likeness (QED) is 0.127. The van der Waals surface area contributed by atoms with Gasteiger partial charge in [-0.2, -0.15) is 22.6 Å². The van der Waals surface area contributed by atoms with E-state index < -0.39 is 64.4 Å². The van der Waals surface area contributed by atoms with Gasteiger partial charge in [-0.1, -0.05) is 97.9 Å². The Morgan fingerprint density at radius 3 is 2.21 bits per heavy atom. The zero-order valence-electron chi connectivity index (χ0n) is 25.7. The maximum absolute atomic E-state index is 13.9. The number of carbonyl (C=O) groups excluding carboxylic acids is 4. The Morgan fingerprint density at radius 1 is 0.936 bits per heavy atom. The summed E-state index contributed by atoms with van der Waals surface area (Å²) >= 11 is 0. The second kappa shape index (κ2) is 13.7. The number of nitrogens with zero attached hydrogens (tertiary/aromatic N) is 3. The van der Waals surface area contributed by atoms with E-state index >= 15 is 0 Å². The normalized spacial score (nSPS) is 18.6. The minimum atomic E-state index is -4.53. The third kappa shape index (κ3) is 7.63. The summed E-state index contributed by atoms with van der Waals surface area (Å²) in [7, 11) is 0. The molecule has 1 fully saturated rings. The molecule has 1 aliphatic heterocycles. The van der Waals surface area contributed by atoms with Gasteiger partial charge in [0.15, 0.2) is 12.6 Å². The highest BCUT2D eigenvalue weighted by molar-refractivity contribution is 6.00. The van der Waals surface area contributed by atoms with Crippen LogP contribution in [0.4, 0.5) is 18.0 Å². The fourth-order valence-electron chi connectivity index (χ4n) is 5.57. The number of hydrogen-bond donors (Lipinski definition) is 2. The lowest BCUT2D eigenvalue weighted by atomic mass is 9.99. The molecule has 47 heavy (non-hydrogen) atoms. The highest BCUT2D eigenvalue weighted by Gasteiger charge is 2.57. The number of urea groups is 1. The predicted molar refractivity (Wildman–Crippen MR) is 162 cm³/mol. The lowest BCUT2D eigenvalue weighted by Gasteiger charge is -2.28. The largest absolute Gasteiger partial charge is 0.425 e. The van der Waals surface area contributed by atoms with E-state index in [9.17, 15) is 32.3 Å². The van der Waals surface area contributed by atoms with E-state index in [0.717, 1.165) is 17.7 Å². The van der Waals surface area contributed by atoms with E-state index in [4.69, 9.17) is 4.52 Å². The summed E-state index contributed by atoms with van der Waals surface area (Å²) in [5.74, 6) is -2.79. The van der Waals surface area contributed by atoms with E-state index in [1.54, 1.807) is 44.2 Å². The van der Waals surface area contributed by atoms with Crippen molar-refractivity contribution < 1.29 is 41.4 Å². The number of ketones is 1. The molecule has 244 valence electrons. The monoisotopic (exact) mass is 648 g/mol. The van der Waals surface area contributed by atoms with E-state index in [1.165, 1.54) is 12.1 Å². The first-order valence-electron chi connectivity index (χ1n) is 15.0. The Kier molecular flexibility index (Phi) is 9.66. The summed E-state index contributed by atoms with van der Waals surface area (Å²) in [6.45, 7) is 2.73. The average molecular weight is 649 g/mol. The molecule has 3 aromatic carbocycles. The molecule has 0 bridgehead atoms. The summed E-state index contributed by atoms with van der Waals surface area (Å²) in [6.07, 6.45) is -4.43. The van der Waals surface area contributed by atoms with Gasteiger partial charge in [-0.05, 0) is 23.1 Å². The number of imide groups is 1. The van der Waals surface area contributed by atoms with Gasteiger partial charge in [0, 0.05) is 12.0 Å². The van der Waals surface area contributed by atoms with Gasteiger partial charge in [-0.3, -0.25) is 14.9 Å². The molecular formula is C34H33F3N5O5+. The van der Waals surface area contributed by atoms with Crippen LogP contribution in [-0.2, 0) is 35.2 Å². The number of alkyl halides is 3. The topological polar surface area (TPSA) is 131 Å². The third-order valence-electron chi connectivity index (χ3n) is 7.96. The van der Waals surface area contributed by atoms with Gasteiger partial charge in [0.1, 0.15) is 6.54 Å². The van der Waals surface area contributed by atoms with Crippen LogP contribution < -0.4 is 10.6 Å². The van der Waals surface area contributed by atoms with E-state index in [-0.39, 0.29) is 36.7 Å². The molecule has 1 aromatic heterocycles. The molecule has 5 rings (SSSR count). The van der Waals surface area contributed by atoms with Crippen molar-refractivity contribution in [1.29, 1.82) is 0 Å². The van der Waals surface area contributed by atoms with Crippen molar-refractivity contribution in [2.75, 3.05) is 6.54 Å². The molecule has 4 aromatic rings. The van der Waals surface area contributed by atoms with Crippen molar-refractivity contribution in [3.63, 3.8) is 0 Å². The number of Topliss-reactive ketones (excluding diaryl/α,β-unsaturated/α-hetero) is 1. The van der Waals surface area contributed by atoms with Gasteiger partial charge in [-0.25, -0.2) is 9.59 Å². The number of benzene rings is 3. The molecule has 0 aliphatic carbocycles. The van der Waals surface area contributed by atoms with Gasteiger partial charge in [-0.15, -0.1) is 0 Å². The molecular weight excluding hydrogens is 615 g/mol. The standard InChI is InChI=1S/C34H32F3N5O5/c1-21(2)29(30(44)31-40-28(47-41-31)18-24-14-9-15-25(16-24)34(35,36)37)39-27(43)20-42(19-23-12-7-4-8-13-23)32(45)26(38-33(42)46)17-22-10-5-3-6-11-22/h3-16,21,26,29H,17-20H2,1-2H3,(H-,38,39,43,46)/p+1/t26?,29-,42?/m0/s1. The number of quaternary nitrogens is 1. The summed E-state index contributed by atoms with van der Waals surface area (Å²) < 4.78 is 43.7. The highest BCUT2D eigenvalue weighted by atomic mass is 19.4. The smallest absolute Gasteiger partial charge is 0.341 e. The molecule has 0 saturated carbocycles. The van der Waals surface area contributed by atoms with Crippen LogP contribution in [-0.4, -0.2) is 56.9 Å². The first-order chi connectivity index (χ1) is 22.4. The lowest BCUT2D eigenvalue weighted by Crippen LogP contribution is -2.59. The van der Waals surface area contributed by atoms with Crippen molar-refractivity contribution in [2.24, 2.45) is 5.92 Å². The number of amides is 4. The number of halogens is 3. The van der Waals surface area contributed by atoms with Crippen LogP contribution in [0.5, 0.6) is 0 Å². The van der Waals surface area contributed by atoms with Gasteiger partial charge in [0.2, 0.25) is 17.5 Å². The molecule has 1 saturated heterocycles. The number of carbonyl (C=O) groups is 4. The molecule has 10 nitrogen and oxygen atoms in total. The maximum atomic E-state index is 13.9. The molecule has 0 radical (unpaired) electrons. The predicted octanol–water partition coefficient (Wildman–Crippen LogP) is 4.88. The Labute approximate surface area is 268 Å². The molecule has 1 aliphatic rings. The van der Waals surface area contributed by atoms with Gasteiger partial charge in [0.05, 0.1) is 18.0 Å². The van der Waals surface area contributed by atoms with Crippen LogP contribution >= 0.6 is 0 Å². The Morgan fingerprint density at radius 2 is 1.57 bits per heavy atom. The van der Waals surface area contributed by atoms with Crippen LogP contribution in [0.2, 0.25) is 0 Å². The lowest BCUT2D eigenvalue weighted by molar-refractivity contribution is -0.773. The van der Waals surface area contributed by atoms with Crippen molar-refractivity contribution in [1.82, 2.24) is 20.8 Å². The van der Waals surface area contributed by atoms with Crippen molar-refractivity contribution >= 4 is 23.6 Å². The van der Waals surface area contributed by atoms with Crippen LogP contribution in [0.3, 0.4) is 0 Å². The highest BCUT2D eigenvalue weighted by Crippen LogP contribution is 2.30. The van der Waals surface area contributed by atoms with Crippen molar-refractivity contribution in [3.05, 3.63) is 119 Å². The van der Waals surface area contributed by atoms with Gasteiger partial charge < -0.3 is 9.84 Å². The molecule has 4 amide bonds. The number of aromatic nitrogens is 2. The summed E-state index contributed by atoms with van der Waals surface area (Å²) in [4.78, 5) is 58.6. The van der Waals surface area contributed by atoms with Crippen LogP contribution in [0, 0.1) is 5.92 Å². The second-order valence-corrected chi connectivity index (χ2v) is 11.8. The van der Waals surface area contributed by atoms with E-state index in [0.29, 0.717) is 5.56 Å². The first-order valence-corrected chi connectivity index (χ1v) is 15.0. The molecule has 2 unspecified atom stereocenters. The summed E-state index contributed by atoms with van der Waals surface area (Å²) in [5.41, 5.74) is 0.925. The molecule has 0 spiro atoms. The van der Waals surface area contributed by atoms with Gasteiger partial charge in [0.25, 0.3) is 5.91 Å². The first kappa shape index (κ1) is 33.2. The molecule has 3 atom stereocenters. The third-order valence-corrected chi connectivity index (χ3v) is 7.96. The number of hydrogen-bond acceptors (Lipinski definition) is 7. The maximum Gasteiger partial charge on any atom is 0.425 e. The van der Waals surface area contributed by atoms with Crippen molar-refractivity contribution in [2.45, 2.75) is 51.5 Å². The second-order valence-electron chi connectivity index (χ2n) is 11.8. The van der Waals surface area contributed by atoms with Crippen LogP contribution in [0.25, 0.3) is 0 Å². The molecule has 2 N–H and O–H groups in total.